The number of hydrogen-bond donors (Lipinski definition) is 1. The maximum atomic E-state index is 11.7. The molecule has 1 aromatic rings. The van der Waals surface area contributed by atoms with Crippen LogP contribution in [0.25, 0.3) is 0 Å². The number of aryl methyl sites for hydroxylation is 2. The van der Waals surface area contributed by atoms with E-state index in [1.54, 1.807) is 0 Å². The smallest absolute Gasteiger partial charge is 0.239 e. The van der Waals surface area contributed by atoms with Crippen LogP contribution in [0.3, 0.4) is 0 Å². The van der Waals surface area contributed by atoms with E-state index in [2.05, 4.69) is 22.2 Å². The summed E-state index contributed by atoms with van der Waals surface area (Å²) in [6, 6.07) is 2.05. The molecule has 0 bridgehead atoms. The number of amides is 1. The number of aromatic nitrogens is 2. The number of fused-ring (bicyclic) bond motifs is 1. The Kier molecular flexibility index (Phi) is 3.66. The Hall–Kier alpha value is -1.52. The van der Waals surface area contributed by atoms with Crippen molar-refractivity contribution in [2.45, 2.75) is 33.2 Å². The van der Waals surface area contributed by atoms with Crippen LogP contribution in [0.15, 0.2) is 6.07 Å². The van der Waals surface area contributed by atoms with E-state index >= 15 is 0 Å². The van der Waals surface area contributed by atoms with Crippen LogP contribution in [0.1, 0.15) is 25.5 Å². The molecule has 0 saturated carbocycles. The van der Waals surface area contributed by atoms with Gasteiger partial charge in [0, 0.05) is 25.7 Å². The average molecular weight is 236 g/mol. The monoisotopic (exact) mass is 236 g/mol. The lowest BCUT2D eigenvalue weighted by molar-refractivity contribution is -0.119. The third-order valence-electron chi connectivity index (χ3n) is 2.91. The molecule has 2 rings (SSSR count). The number of carbonyl (C=O) groups excluding carboxylic acids is 1. The van der Waals surface area contributed by atoms with Gasteiger partial charge in [0.15, 0.2) is 0 Å². The molecule has 0 fully saturated rings. The molecule has 0 radical (unpaired) electrons. The quantitative estimate of drug-likeness (QED) is 0.846. The van der Waals surface area contributed by atoms with Gasteiger partial charge < -0.3 is 10.2 Å². The van der Waals surface area contributed by atoms with E-state index in [4.69, 9.17) is 0 Å². The molecule has 0 aromatic carbocycles. The fraction of sp³-hybridized carbons (Fsp3) is 0.667. The van der Waals surface area contributed by atoms with Crippen molar-refractivity contribution in [3.8, 4) is 0 Å². The number of nitrogens with one attached hydrogen (secondary N) is 1. The number of nitrogens with zero attached hydrogens (tertiary/aromatic N) is 3. The molecule has 94 valence electrons. The largest absolute Gasteiger partial charge is 0.355 e. The third kappa shape index (κ3) is 2.78. The molecule has 1 aliphatic rings. The van der Waals surface area contributed by atoms with Gasteiger partial charge in [0.2, 0.25) is 5.91 Å². The van der Waals surface area contributed by atoms with Gasteiger partial charge in [-0.3, -0.25) is 4.79 Å². The van der Waals surface area contributed by atoms with Gasteiger partial charge in [-0.05, 0) is 19.8 Å². The van der Waals surface area contributed by atoms with Crippen LogP contribution in [0, 0.1) is 6.92 Å². The zero-order valence-corrected chi connectivity index (χ0v) is 10.6. The molecule has 0 saturated heterocycles. The molecule has 0 unspecified atom stereocenters. The average Bonchev–Trinajstić information content (AvgIpc) is 2.68. The summed E-state index contributed by atoms with van der Waals surface area (Å²) in [5, 5.41) is 7.32. The van der Waals surface area contributed by atoms with Crippen LogP contribution < -0.4 is 10.2 Å². The molecule has 1 aliphatic heterocycles. The summed E-state index contributed by atoms with van der Waals surface area (Å²) in [6.45, 7) is 7.12. The molecule has 1 aromatic heterocycles. The lowest BCUT2D eigenvalue weighted by Crippen LogP contribution is -2.41. The van der Waals surface area contributed by atoms with Crippen LogP contribution in [0.4, 0.5) is 5.82 Å². The van der Waals surface area contributed by atoms with Crippen molar-refractivity contribution in [3.05, 3.63) is 11.8 Å². The summed E-state index contributed by atoms with van der Waals surface area (Å²) in [7, 11) is 0. The normalized spacial score (nSPS) is 14.6. The standard InChI is InChI=1S/C12H20N4O/c1-3-5-13-11(17)9-15-6-4-7-16-12(15)8-10(2)14-16/h8H,3-7,9H2,1-2H3,(H,13,17). The van der Waals surface area contributed by atoms with Gasteiger partial charge in [0.05, 0.1) is 12.2 Å². The first-order valence-electron chi connectivity index (χ1n) is 6.27. The highest BCUT2D eigenvalue weighted by molar-refractivity contribution is 5.81. The number of hydrogen-bond acceptors (Lipinski definition) is 3. The van der Waals surface area contributed by atoms with E-state index in [1.807, 2.05) is 17.7 Å². The highest BCUT2D eigenvalue weighted by Gasteiger charge is 2.20. The first-order valence-corrected chi connectivity index (χ1v) is 6.27. The van der Waals surface area contributed by atoms with Crippen molar-refractivity contribution < 1.29 is 4.79 Å². The maximum absolute atomic E-state index is 11.7. The molecule has 1 N–H and O–H groups in total. The van der Waals surface area contributed by atoms with E-state index in [1.165, 1.54) is 0 Å². The molecule has 1 amide bonds. The van der Waals surface area contributed by atoms with Gasteiger partial charge in [0.25, 0.3) is 0 Å². The molecule has 0 atom stereocenters. The predicted molar refractivity (Wildman–Crippen MR) is 67.1 cm³/mol. The van der Waals surface area contributed by atoms with Gasteiger partial charge >= 0.3 is 0 Å². The lowest BCUT2D eigenvalue weighted by atomic mass is 10.3. The zero-order valence-electron chi connectivity index (χ0n) is 10.6. The Balaban J connectivity index is 2.00. The van der Waals surface area contributed by atoms with Crippen molar-refractivity contribution in [1.82, 2.24) is 15.1 Å². The molecular weight excluding hydrogens is 216 g/mol. The Morgan fingerprint density at radius 3 is 3.12 bits per heavy atom. The second-order valence-electron chi connectivity index (χ2n) is 4.49. The third-order valence-corrected chi connectivity index (χ3v) is 2.91. The molecule has 17 heavy (non-hydrogen) atoms. The SMILES string of the molecule is CCCNC(=O)CN1CCCn2nc(C)cc21. The van der Waals surface area contributed by atoms with Crippen LogP contribution in [0.2, 0.25) is 0 Å². The zero-order chi connectivity index (χ0) is 12.3. The topological polar surface area (TPSA) is 50.2 Å². The minimum absolute atomic E-state index is 0.0964. The van der Waals surface area contributed by atoms with Gasteiger partial charge in [0.1, 0.15) is 5.82 Å². The molecule has 5 nitrogen and oxygen atoms in total. The Bertz CT molecular complexity index is 399. The summed E-state index contributed by atoms with van der Waals surface area (Å²) >= 11 is 0. The van der Waals surface area contributed by atoms with E-state index < -0.39 is 0 Å². The lowest BCUT2D eigenvalue weighted by Gasteiger charge is -2.28. The van der Waals surface area contributed by atoms with Crippen molar-refractivity contribution in [2.24, 2.45) is 0 Å². The first kappa shape index (κ1) is 12.0. The number of carbonyl (C=O) groups is 1. The van der Waals surface area contributed by atoms with Gasteiger partial charge in [-0.2, -0.15) is 5.10 Å². The van der Waals surface area contributed by atoms with Crippen LogP contribution in [-0.2, 0) is 11.3 Å². The van der Waals surface area contributed by atoms with Crippen molar-refractivity contribution in [1.29, 1.82) is 0 Å². The Morgan fingerprint density at radius 1 is 1.53 bits per heavy atom. The van der Waals surface area contributed by atoms with Crippen LogP contribution in [-0.4, -0.2) is 35.3 Å². The molecule has 0 aliphatic carbocycles. The summed E-state index contributed by atoms with van der Waals surface area (Å²) in [5.74, 6) is 1.17. The molecule has 5 heteroatoms. The number of anilines is 1. The summed E-state index contributed by atoms with van der Waals surface area (Å²) in [5.41, 5.74) is 1.01. The summed E-state index contributed by atoms with van der Waals surface area (Å²) in [4.78, 5) is 13.8. The van der Waals surface area contributed by atoms with Crippen molar-refractivity contribution >= 4 is 11.7 Å². The Labute approximate surface area is 102 Å². The van der Waals surface area contributed by atoms with Crippen LogP contribution >= 0.6 is 0 Å². The fourth-order valence-electron chi connectivity index (χ4n) is 2.13. The minimum atomic E-state index is 0.0964. The predicted octanol–water partition coefficient (Wildman–Crippen LogP) is 0.928. The Morgan fingerprint density at radius 2 is 2.35 bits per heavy atom. The molecule has 0 spiro atoms. The second kappa shape index (κ2) is 5.21. The summed E-state index contributed by atoms with van der Waals surface area (Å²) < 4.78 is 1.99. The van der Waals surface area contributed by atoms with E-state index in [-0.39, 0.29) is 5.91 Å². The first-order chi connectivity index (χ1) is 8.20. The second-order valence-corrected chi connectivity index (χ2v) is 4.49. The highest BCUT2D eigenvalue weighted by Crippen LogP contribution is 2.20. The minimum Gasteiger partial charge on any atom is -0.355 e. The van der Waals surface area contributed by atoms with Gasteiger partial charge in [-0.1, -0.05) is 6.92 Å². The van der Waals surface area contributed by atoms with E-state index in [9.17, 15) is 4.79 Å². The maximum Gasteiger partial charge on any atom is 0.239 e. The van der Waals surface area contributed by atoms with Gasteiger partial charge in [-0.15, -0.1) is 0 Å². The fourth-order valence-corrected chi connectivity index (χ4v) is 2.13. The molecule has 2 heterocycles. The van der Waals surface area contributed by atoms with E-state index in [0.717, 1.165) is 44.0 Å². The van der Waals surface area contributed by atoms with E-state index in [0.29, 0.717) is 6.54 Å². The van der Waals surface area contributed by atoms with Gasteiger partial charge in [-0.25, -0.2) is 4.68 Å². The van der Waals surface area contributed by atoms with Crippen molar-refractivity contribution in [3.63, 3.8) is 0 Å². The summed E-state index contributed by atoms with van der Waals surface area (Å²) in [6.07, 6.45) is 2.03. The highest BCUT2D eigenvalue weighted by atomic mass is 16.2. The number of rotatable bonds is 4. The van der Waals surface area contributed by atoms with Crippen LogP contribution in [0.5, 0.6) is 0 Å². The van der Waals surface area contributed by atoms with Crippen molar-refractivity contribution in [2.75, 3.05) is 24.5 Å². The molecular formula is C12H20N4O.